The van der Waals surface area contributed by atoms with Gasteiger partial charge in [0.25, 0.3) is 0 Å². The van der Waals surface area contributed by atoms with Gasteiger partial charge >= 0.3 is 0 Å². The molecule has 1 atom stereocenters. The van der Waals surface area contributed by atoms with E-state index >= 15 is 0 Å². The standard InChI is InChI=1S/C24H31ClIN3O4S/c1-6-21(23(31)27-24(2,3)4)28(15-17-9-7-8-10-20(17)25)22(30)16-29(34(5,32)33)19-13-11-18(26)12-14-19/h7-14,21H,6,15-16H2,1-5H3,(H,27,31)/t21-/m0/s1. The van der Waals surface area contributed by atoms with E-state index < -0.39 is 34.1 Å². The summed E-state index contributed by atoms with van der Waals surface area (Å²) in [5.41, 5.74) is 0.546. The van der Waals surface area contributed by atoms with Gasteiger partial charge in [-0.25, -0.2) is 8.42 Å². The van der Waals surface area contributed by atoms with Gasteiger partial charge in [0, 0.05) is 20.7 Å². The van der Waals surface area contributed by atoms with Crippen LogP contribution in [0.5, 0.6) is 0 Å². The molecule has 2 aromatic rings. The van der Waals surface area contributed by atoms with Crippen LogP contribution in [0.3, 0.4) is 0 Å². The molecule has 0 aliphatic heterocycles. The van der Waals surface area contributed by atoms with E-state index in [4.69, 9.17) is 11.6 Å². The maximum absolute atomic E-state index is 13.6. The highest BCUT2D eigenvalue weighted by atomic mass is 127. The Labute approximate surface area is 221 Å². The third kappa shape index (κ3) is 8.13. The van der Waals surface area contributed by atoms with Gasteiger partial charge in [-0.15, -0.1) is 0 Å². The van der Waals surface area contributed by atoms with Crippen LogP contribution >= 0.6 is 34.2 Å². The summed E-state index contributed by atoms with van der Waals surface area (Å²) < 4.78 is 27.2. The van der Waals surface area contributed by atoms with E-state index in [0.29, 0.717) is 22.7 Å². The zero-order chi connectivity index (χ0) is 25.7. The minimum atomic E-state index is -3.77. The number of amides is 2. The van der Waals surface area contributed by atoms with E-state index in [1.54, 1.807) is 48.5 Å². The molecule has 0 heterocycles. The Kier molecular flexibility index (Phi) is 9.79. The molecule has 0 aliphatic carbocycles. The van der Waals surface area contributed by atoms with Crippen LogP contribution in [-0.2, 0) is 26.2 Å². The van der Waals surface area contributed by atoms with Crippen LogP contribution in [0.15, 0.2) is 48.5 Å². The highest BCUT2D eigenvalue weighted by Crippen LogP contribution is 2.23. The van der Waals surface area contributed by atoms with Crippen LogP contribution in [-0.4, -0.2) is 49.5 Å². The van der Waals surface area contributed by atoms with Gasteiger partial charge in [-0.3, -0.25) is 13.9 Å². The number of halogens is 2. The maximum atomic E-state index is 13.6. The predicted molar refractivity (Wildman–Crippen MR) is 145 cm³/mol. The van der Waals surface area contributed by atoms with Crippen LogP contribution in [0.4, 0.5) is 5.69 Å². The van der Waals surface area contributed by atoms with Crippen molar-refractivity contribution in [2.45, 2.75) is 52.2 Å². The van der Waals surface area contributed by atoms with Crippen molar-refractivity contribution in [1.29, 1.82) is 0 Å². The summed E-state index contributed by atoms with van der Waals surface area (Å²) >= 11 is 8.47. The summed E-state index contributed by atoms with van der Waals surface area (Å²) in [6, 6.07) is 13.1. The van der Waals surface area contributed by atoms with Gasteiger partial charge in [-0.1, -0.05) is 36.7 Å². The van der Waals surface area contributed by atoms with Gasteiger partial charge in [0.05, 0.1) is 11.9 Å². The van der Waals surface area contributed by atoms with Crippen LogP contribution in [0.25, 0.3) is 0 Å². The van der Waals surface area contributed by atoms with Crippen molar-refractivity contribution in [2.24, 2.45) is 0 Å². The normalized spacial score (nSPS) is 12.7. The zero-order valence-corrected chi connectivity index (χ0v) is 23.7. The van der Waals surface area contributed by atoms with E-state index in [1.807, 2.05) is 27.7 Å². The monoisotopic (exact) mass is 619 g/mol. The Morgan fingerprint density at radius 1 is 1.09 bits per heavy atom. The summed E-state index contributed by atoms with van der Waals surface area (Å²) in [7, 11) is -3.77. The number of hydrogen-bond acceptors (Lipinski definition) is 4. The molecule has 2 amide bonds. The molecule has 186 valence electrons. The average Bonchev–Trinajstić information content (AvgIpc) is 2.71. The third-order valence-electron chi connectivity index (χ3n) is 4.98. The molecule has 0 saturated carbocycles. The molecule has 10 heteroatoms. The number of hydrogen-bond donors (Lipinski definition) is 1. The molecule has 0 aromatic heterocycles. The molecule has 34 heavy (non-hydrogen) atoms. The van der Waals surface area contributed by atoms with Crippen molar-refractivity contribution in [3.8, 4) is 0 Å². The summed E-state index contributed by atoms with van der Waals surface area (Å²) in [6.45, 7) is 7.02. The highest BCUT2D eigenvalue weighted by molar-refractivity contribution is 14.1. The molecule has 7 nitrogen and oxygen atoms in total. The van der Waals surface area contributed by atoms with Crippen molar-refractivity contribution < 1.29 is 18.0 Å². The molecule has 0 radical (unpaired) electrons. The van der Waals surface area contributed by atoms with Crippen molar-refractivity contribution in [1.82, 2.24) is 10.2 Å². The van der Waals surface area contributed by atoms with E-state index in [1.165, 1.54) is 4.90 Å². The molecule has 0 fully saturated rings. The molecule has 0 bridgehead atoms. The van der Waals surface area contributed by atoms with E-state index in [-0.39, 0.29) is 12.5 Å². The van der Waals surface area contributed by atoms with Crippen LogP contribution in [0.2, 0.25) is 5.02 Å². The maximum Gasteiger partial charge on any atom is 0.244 e. The fourth-order valence-electron chi connectivity index (χ4n) is 3.40. The van der Waals surface area contributed by atoms with Gasteiger partial charge < -0.3 is 10.2 Å². The molecule has 2 rings (SSSR count). The summed E-state index contributed by atoms with van der Waals surface area (Å²) in [5.74, 6) is -0.810. The number of carbonyl (C=O) groups excluding carboxylic acids is 2. The van der Waals surface area contributed by atoms with Gasteiger partial charge in [0.15, 0.2) is 0 Å². The van der Waals surface area contributed by atoms with Crippen LogP contribution in [0.1, 0.15) is 39.7 Å². The van der Waals surface area contributed by atoms with Crippen molar-refractivity contribution >= 4 is 61.7 Å². The Morgan fingerprint density at radius 2 is 1.68 bits per heavy atom. The van der Waals surface area contributed by atoms with Gasteiger partial charge in [0.2, 0.25) is 21.8 Å². The average molecular weight is 620 g/mol. The second-order valence-corrected chi connectivity index (χ2v) is 12.6. The fraction of sp³-hybridized carbons (Fsp3) is 0.417. The molecule has 0 unspecified atom stereocenters. The Morgan fingerprint density at radius 3 is 2.18 bits per heavy atom. The first-order chi connectivity index (χ1) is 15.7. The predicted octanol–water partition coefficient (Wildman–Crippen LogP) is 4.43. The van der Waals surface area contributed by atoms with E-state index in [2.05, 4.69) is 27.9 Å². The lowest BCUT2D eigenvalue weighted by Crippen LogP contribution is -2.55. The third-order valence-corrected chi connectivity index (χ3v) is 7.20. The van der Waals surface area contributed by atoms with Crippen molar-refractivity contribution in [3.63, 3.8) is 0 Å². The number of nitrogens with zero attached hydrogens (tertiary/aromatic N) is 2. The van der Waals surface area contributed by atoms with E-state index in [9.17, 15) is 18.0 Å². The smallest absolute Gasteiger partial charge is 0.244 e. The zero-order valence-electron chi connectivity index (χ0n) is 20.0. The first kappa shape index (κ1) is 28.4. The quantitative estimate of drug-likeness (QED) is 0.421. The number of benzene rings is 2. The minimum absolute atomic E-state index is 0.0683. The van der Waals surface area contributed by atoms with Crippen molar-refractivity contribution in [3.05, 3.63) is 62.7 Å². The van der Waals surface area contributed by atoms with Gasteiger partial charge in [-0.05, 0) is 85.7 Å². The number of carbonyl (C=O) groups is 2. The van der Waals surface area contributed by atoms with Gasteiger partial charge in [0.1, 0.15) is 12.6 Å². The second-order valence-electron chi connectivity index (χ2n) is 9.02. The highest BCUT2D eigenvalue weighted by Gasteiger charge is 2.33. The topological polar surface area (TPSA) is 86.8 Å². The summed E-state index contributed by atoms with van der Waals surface area (Å²) in [4.78, 5) is 28.2. The first-order valence-corrected chi connectivity index (χ1v) is 14.1. The molecular weight excluding hydrogens is 589 g/mol. The second kappa shape index (κ2) is 11.7. The Bertz CT molecular complexity index is 1120. The Balaban J connectivity index is 2.46. The van der Waals surface area contributed by atoms with Crippen molar-refractivity contribution in [2.75, 3.05) is 17.1 Å². The SMILES string of the molecule is CC[C@@H](C(=O)NC(C)(C)C)N(Cc1ccccc1Cl)C(=O)CN(c1ccc(I)cc1)S(C)(=O)=O. The Hall–Kier alpha value is -1.85. The summed E-state index contributed by atoms with van der Waals surface area (Å²) in [5, 5.41) is 3.39. The van der Waals surface area contributed by atoms with Gasteiger partial charge in [-0.2, -0.15) is 0 Å². The number of nitrogens with one attached hydrogen (secondary N) is 1. The van der Waals surface area contributed by atoms with Crippen LogP contribution in [0, 0.1) is 3.57 Å². The summed E-state index contributed by atoms with van der Waals surface area (Å²) in [6.07, 6.45) is 1.40. The molecule has 1 N–H and O–H groups in total. The molecular formula is C24H31ClIN3O4S. The molecule has 2 aromatic carbocycles. The van der Waals surface area contributed by atoms with E-state index in [0.717, 1.165) is 14.1 Å². The minimum Gasteiger partial charge on any atom is -0.350 e. The number of rotatable bonds is 9. The molecule has 0 saturated heterocycles. The lowest BCUT2D eigenvalue weighted by molar-refractivity contribution is -0.141. The van der Waals surface area contributed by atoms with Crippen LogP contribution < -0.4 is 9.62 Å². The number of sulfonamides is 1. The largest absolute Gasteiger partial charge is 0.350 e. The lowest BCUT2D eigenvalue weighted by atomic mass is 10.1. The lowest BCUT2D eigenvalue weighted by Gasteiger charge is -2.34. The first-order valence-electron chi connectivity index (χ1n) is 10.8. The fourth-order valence-corrected chi connectivity index (χ4v) is 4.81. The molecule has 0 spiro atoms. The molecule has 0 aliphatic rings. The number of anilines is 1.